The highest BCUT2D eigenvalue weighted by Gasteiger charge is 2.35. The topological polar surface area (TPSA) is 81.6 Å². The third-order valence-electron chi connectivity index (χ3n) is 4.64. The van der Waals surface area contributed by atoms with Crippen LogP contribution < -0.4 is 0 Å². The number of nitrogens with zero attached hydrogens (tertiary/aromatic N) is 6. The van der Waals surface area contributed by atoms with Crippen LogP contribution in [0.15, 0.2) is 61.3 Å². The molecule has 154 valence electrons. The lowest BCUT2D eigenvalue weighted by Gasteiger charge is -2.28. The fourth-order valence-electron chi connectivity index (χ4n) is 3.26. The zero-order valence-corrected chi connectivity index (χ0v) is 15.7. The van der Waals surface area contributed by atoms with Crippen molar-refractivity contribution in [3.05, 3.63) is 95.6 Å². The number of hydrogen-bond acceptors (Lipinski definition) is 5. The molecule has 4 aromatic rings. The van der Waals surface area contributed by atoms with Crippen molar-refractivity contribution in [1.82, 2.24) is 29.8 Å². The summed E-state index contributed by atoms with van der Waals surface area (Å²) in [7, 11) is 0. The van der Waals surface area contributed by atoms with Gasteiger partial charge in [-0.05, 0) is 23.8 Å². The summed E-state index contributed by atoms with van der Waals surface area (Å²) in [6.45, 7) is 0.222. The van der Waals surface area contributed by atoms with Crippen molar-refractivity contribution >= 4 is 0 Å². The van der Waals surface area contributed by atoms with Crippen LogP contribution in [0.5, 0.6) is 0 Å². The van der Waals surface area contributed by atoms with Crippen LogP contribution in [0, 0.1) is 17.5 Å². The first-order chi connectivity index (χ1) is 14.4. The molecule has 1 N–H and O–H groups in total. The molecule has 0 saturated carbocycles. The highest BCUT2D eigenvalue weighted by atomic mass is 19.1. The molecule has 1 unspecified atom stereocenters. The van der Waals surface area contributed by atoms with E-state index in [0.29, 0.717) is 18.3 Å². The molecule has 0 bridgehead atoms. The van der Waals surface area contributed by atoms with Crippen LogP contribution in [0.1, 0.15) is 16.8 Å². The van der Waals surface area contributed by atoms with Crippen molar-refractivity contribution in [2.75, 3.05) is 0 Å². The molecule has 2 aromatic carbocycles. The van der Waals surface area contributed by atoms with Crippen molar-refractivity contribution in [3.8, 4) is 0 Å². The number of benzene rings is 2. The molecule has 0 saturated heterocycles. The van der Waals surface area contributed by atoms with Crippen LogP contribution in [0.4, 0.5) is 13.2 Å². The molecule has 7 nitrogen and oxygen atoms in total. The molecular weight excluding hydrogens is 397 g/mol. The van der Waals surface area contributed by atoms with E-state index < -0.39 is 17.2 Å². The molecule has 0 aliphatic heterocycles. The van der Waals surface area contributed by atoms with Crippen LogP contribution in [-0.2, 0) is 25.1 Å². The summed E-state index contributed by atoms with van der Waals surface area (Å²) in [6.07, 6.45) is 4.19. The summed E-state index contributed by atoms with van der Waals surface area (Å²) in [5, 5.41) is 23.4. The van der Waals surface area contributed by atoms with E-state index in [1.807, 2.05) is 0 Å². The average Bonchev–Trinajstić information content (AvgIpc) is 3.35. The van der Waals surface area contributed by atoms with Gasteiger partial charge in [0.2, 0.25) is 0 Å². The van der Waals surface area contributed by atoms with Gasteiger partial charge in [0.05, 0.1) is 18.8 Å². The van der Waals surface area contributed by atoms with Gasteiger partial charge in [0, 0.05) is 24.2 Å². The Hall–Kier alpha value is -3.53. The highest BCUT2D eigenvalue weighted by molar-refractivity contribution is 5.27. The molecule has 10 heteroatoms. The van der Waals surface area contributed by atoms with E-state index in [0.717, 1.165) is 11.6 Å². The Morgan fingerprint density at radius 1 is 0.967 bits per heavy atom. The van der Waals surface area contributed by atoms with Gasteiger partial charge in [0.1, 0.15) is 35.7 Å². The van der Waals surface area contributed by atoms with E-state index in [1.165, 1.54) is 40.2 Å². The van der Waals surface area contributed by atoms with Crippen molar-refractivity contribution in [2.24, 2.45) is 0 Å². The molecule has 0 fully saturated rings. The maximum absolute atomic E-state index is 14.5. The van der Waals surface area contributed by atoms with Gasteiger partial charge in [-0.15, -0.1) is 5.10 Å². The molecule has 30 heavy (non-hydrogen) atoms. The predicted octanol–water partition coefficient (Wildman–Crippen LogP) is 2.47. The SMILES string of the molecule is OC(Cc1cn(Cc2ccc(F)cc2)nn1)(Cn1cncn1)c1ccc(F)cc1F. The Bertz CT molecular complexity index is 1130. The fourth-order valence-corrected chi connectivity index (χ4v) is 3.26. The second-order valence-corrected chi connectivity index (χ2v) is 6.96. The zero-order valence-electron chi connectivity index (χ0n) is 15.7. The Morgan fingerprint density at radius 3 is 2.43 bits per heavy atom. The van der Waals surface area contributed by atoms with Gasteiger partial charge < -0.3 is 5.11 Å². The molecule has 0 amide bonds. The van der Waals surface area contributed by atoms with E-state index in [1.54, 1.807) is 18.3 Å². The number of aromatic nitrogens is 6. The molecular formula is C20H17F3N6O. The monoisotopic (exact) mass is 414 g/mol. The standard InChI is InChI=1S/C20H17F3N6O/c21-15-3-1-14(2-4-15)9-28-10-17(26-27-28)8-20(30,11-29-13-24-12-25-29)18-6-5-16(22)7-19(18)23/h1-7,10,12-13,30H,8-9,11H2. The molecule has 0 radical (unpaired) electrons. The number of rotatable bonds is 7. The number of aliphatic hydroxyl groups is 1. The van der Waals surface area contributed by atoms with Crippen molar-refractivity contribution in [2.45, 2.75) is 25.1 Å². The zero-order chi connectivity index (χ0) is 21.1. The summed E-state index contributed by atoms with van der Waals surface area (Å²) >= 11 is 0. The van der Waals surface area contributed by atoms with Crippen LogP contribution in [0.2, 0.25) is 0 Å². The summed E-state index contributed by atoms with van der Waals surface area (Å²) < 4.78 is 43.8. The molecule has 1 atom stereocenters. The van der Waals surface area contributed by atoms with Gasteiger partial charge in [-0.3, -0.25) is 0 Å². The van der Waals surface area contributed by atoms with Crippen LogP contribution >= 0.6 is 0 Å². The number of halogens is 3. The molecule has 0 spiro atoms. The first kappa shape index (κ1) is 19.8. The molecule has 2 heterocycles. The lowest BCUT2D eigenvalue weighted by Crippen LogP contribution is -2.35. The van der Waals surface area contributed by atoms with Gasteiger partial charge in [-0.2, -0.15) is 5.10 Å². The lowest BCUT2D eigenvalue weighted by atomic mass is 9.88. The molecule has 0 aliphatic rings. The van der Waals surface area contributed by atoms with Crippen LogP contribution in [-0.4, -0.2) is 34.9 Å². The minimum absolute atomic E-state index is 0.0903. The Kier molecular flexibility index (Phi) is 5.32. The van der Waals surface area contributed by atoms with E-state index in [9.17, 15) is 18.3 Å². The van der Waals surface area contributed by atoms with Gasteiger partial charge in [-0.25, -0.2) is 27.5 Å². The van der Waals surface area contributed by atoms with Crippen LogP contribution in [0.3, 0.4) is 0 Å². The minimum atomic E-state index is -1.78. The van der Waals surface area contributed by atoms with Crippen molar-refractivity contribution in [1.29, 1.82) is 0 Å². The first-order valence-electron chi connectivity index (χ1n) is 9.05. The maximum atomic E-state index is 14.5. The Balaban J connectivity index is 1.60. The molecule has 0 aliphatic carbocycles. The van der Waals surface area contributed by atoms with Gasteiger partial charge in [0.25, 0.3) is 0 Å². The quantitative estimate of drug-likeness (QED) is 0.503. The van der Waals surface area contributed by atoms with Crippen LogP contribution in [0.25, 0.3) is 0 Å². The third kappa shape index (κ3) is 4.38. The molecule has 2 aromatic heterocycles. The summed E-state index contributed by atoms with van der Waals surface area (Å²) in [5.41, 5.74) is -0.659. The van der Waals surface area contributed by atoms with E-state index in [-0.39, 0.29) is 24.3 Å². The Morgan fingerprint density at radius 2 is 1.73 bits per heavy atom. The third-order valence-corrected chi connectivity index (χ3v) is 4.64. The van der Waals surface area contributed by atoms with Crippen molar-refractivity contribution in [3.63, 3.8) is 0 Å². The van der Waals surface area contributed by atoms with Gasteiger partial charge in [0.15, 0.2) is 0 Å². The lowest BCUT2D eigenvalue weighted by molar-refractivity contribution is 0.0107. The van der Waals surface area contributed by atoms with Crippen molar-refractivity contribution < 1.29 is 18.3 Å². The average molecular weight is 414 g/mol. The smallest absolute Gasteiger partial charge is 0.137 e. The second kappa shape index (κ2) is 8.07. The van der Waals surface area contributed by atoms with E-state index in [4.69, 9.17) is 0 Å². The maximum Gasteiger partial charge on any atom is 0.137 e. The largest absolute Gasteiger partial charge is 0.383 e. The number of hydrogen-bond donors (Lipinski definition) is 1. The van der Waals surface area contributed by atoms with E-state index in [2.05, 4.69) is 20.4 Å². The first-order valence-corrected chi connectivity index (χ1v) is 9.05. The normalized spacial score (nSPS) is 13.3. The summed E-state index contributed by atoms with van der Waals surface area (Å²) in [6, 6.07) is 8.95. The summed E-state index contributed by atoms with van der Waals surface area (Å²) in [5.74, 6) is -1.96. The van der Waals surface area contributed by atoms with Gasteiger partial charge >= 0.3 is 0 Å². The second-order valence-electron chi connectivity index (χ2n) is 6.96. The Labute approximate surface area is 169 Å². The van der Waals surface area contributed by atoms with Gasteiger partial charge in [-0.1, -0.05) is 23.4 Å². The van der Waals surface area contributed by atoms with E-state index >= 15 is 0 Å². The minimum Gasteiger partial charge on any atom is -0.383 e. The molecule has 4 rings (SSSR count). The predicted molar refractivity (Wildman–Crippen MR) is 99.5 cm³/mol. The fraction of sp³-hybridized carbons (Fsp3) is 0.200. The summed E-state index contributed by atoms with van der Waals surface area (Å²) in [4.78, 5) is 3.83. The highest BCUT2D eigenvalue weighted by Crippen LogP contribution is 2.30.